The summed E-state index contributed by atoms with van der Waals surface area (Å²) in [4.78, 5) is 17.1. The summed E-state index contributed by atoms with van der Waals surface area (Å²) in [5, 5.41) is 3.02. The van der Waals surface area contributed by atoms with E-state index in [0.29, 0.717) is 36.8 Å². The van der Waals surface area contributed by atoms with Crippen LogP contribution in [-0.2, 0) is 11.2 Å². The minimum atomic E-state index is -0.304. The highest BCUT2D eigenvalue weighted by molar-refractivity contribution is 5.96. The fraction of sp³-hybridized carbons (Fsp3) is 0.182. The molecule has 5 heteroatoms. The molecule has 0 radical (unpaired) electrons. The third-order valence-corrected chi connectivity index (χ3v) is 4.52. The molecule has 2 heterocycles. The lowest BCUT2D eigenvalue weighted by Crippen LogP contribution is -2.23. The van der Waals surface area contributed by atoms with Gasteiger partial charge < -0.3 is 14.8 Å². The second kappa shape index (κ2) is 7.91. The van der Waals surface area contributed by atoms with Gasteiger partial charge in [-0.1, -0.05) is 30.3 Å². The van der Waals surface area contributed by atoms with Crippen LogP contribution in [0.15, 0.2) is 73.1 Å². The largest absolute Gasteiger partial charge is 0.486 e. The number of nitrogens with zero attached hydrogens (tertiary/aromatic N) is 1. The van der Waals surface area contributed by atoms with Gasteiger partial charge in [0.1, 0.15) is 13.2 Å². The van der Waals surface area contributed by atoms with Crippen molar-refractivity contribution >= 4 is 11.6 Å². The van der Waals surface area contributed by atoms with Gasteiger partial charge in [0.25, 0.3) is 0 Å². The molecule has 1 atom stereocenters. The minimum absolute atomic E-state index is 0.0605. The van der Waals surface area contributed by atoms with Crippen molar-refractivity contribution < 1.29 is 14.3 Å². The van der Waals surface area contributed by atoms with E-state index in [1.54, 1.807) is 18.5 Å². The number of ether oxygens (including phenoxy) is 2. The van der Waals surface area contributed by atoms with Gasteiger partial charge in [-0.3, -0.25) is 9.78 Å². The van der Waals surface area contributed by atoms with Crippen molar-refractivity contribution in [3.8, 4) is 11.5 Å². The number of nitrogens with one attached hydrogen (secondary N) is 1. The third-order valence-electron chi connectivity index (χ3n) is 4.52. The van der Waals surface area contributed by atoms with Crippen LogP contribution in [0, 0.1) is 0 Å². The summed E-state index contributed by atoms with van der Waals surface area (Å²) in [6.45, 7) is 1.06. The predicted molar refractivity (Wildman–Crippen MR) is 103 cm³/mol. The Labute approximate surface area is 158 Å². The second-order valence-corrected chi connectivity index (χ2v) is 6.37. The lowest BCUT2D eigenvalue weighted by atomic mass is 9.91. The normalized spacial score (nSPS) is 13.6. The lowest BCUT2D eigenvalue weighted by molar-refractivity contribution is -0.117. The molecule has 27 heavy (non-hydrogen) atoms. The molecule has 5 nitrogen and oxygen atoms in total. The highest BCUT2D eigenvalue weighted by atomic mass is 16.6. The fourth-order valence-corrected chi connectivity index (χ4v) is 3.15. The third kappa shape index (κ3) is 4.08. The first-order valence-corrected chi connectivity index (χ1v) is 8.94. The number of benzene rings is 2. The Bertz CT molecular complexity index is 913. The number of fused-ring (bicyclic) bond motifs is 1. The number of hydrogen-bond acceptors (Lipinski definition) is 4. The first-order valence-electron chi connectivity index (χ1n) is 8.94. The number of pyridine rings is 1. The van der Waals surface area contributed by atoms with Crippen molar-refractivity contribution in [2.45, 2.75) is 12.3 Å². The lowest BCUT2D eigenvalue weighted by Gasteiger charge is -2.20. The van der Waals surface area contributed by atoms with Crippen LogP contribution in [0.1, 0.15) is 17.0 Å². The zero-order chi connectivity index (χ0) is 18.5. The Kier molecular flexibility index (Phi) is 5.01. The van der Waals surface area contributed by atoms with E-state index in [1.807, 2.05) is 54.6 Å². The molecule has 0 saturated carbocycles. The highest BCUT2D eigenvalue weighted by Crippen LogP contribution is 2.33. The van der Waals surface area contributed by atoms with Gasteiger partial charge in [0.2, 0.25) is 5.91 Å². The van der Waals surface area contributed by atoms with Crippen LogP contribution in [-0.4, -0.2) is 24.1 Å². The van der Waals surface area contributed by atoms with Crippen molar-refractivity contribution in [1.82, 2.24) is 4.98 Å². The van der Waals surface area contributed by atoms with E-state index in [-0.39, 0.29) is 11.8 Å². The Hall–Kier alpha value is -3.34. The molecular formula is C22H20N2O3. The fourth-order valence-electron chi connectivity index (χ4n) is 3.15. The molecule has 0 bridgehead atoms. The average Bonchev–Trinajstić information content (AvgIpc) is 2.73. The van der Waals surface area contributed by atoms with Crippen LogP contribution in [0.5, 0.6) is 11.5 Å². The van der Waals surface area contributed by atoms with Gasteiger partial charge in [0, 0.05) is 24.1 Å². The molecule has 0 fully saturated rings. The standard InChI is InChI=1S/C22H20N2O3/c25-22(24-18-6-7-20-21(15-18)27-13-12-26-20)19(17-4-2-1-3-5-17)14-16-8-10-23-11-9-16/h1-11,15,19H,12-14H2,(H,24,25). The van der Waals surface area contributed by atoms with E-state index in [1.165, 1.54) is 0 Å². The SMILES string of the molecule is O=C(Nc1ccc2c(c1)OCCO2)C(Cc1ccncc1)c1ccccc1. The van der Waals surface area contributed by atoms with E-state index < -0.39 is 0 Å². The van der Waals surface area contributed by atoms with Crippen LogP contribution >= 0.6 is 0 Å². The van der Waals surface area contributed by atoms with Crippen molar-refractivity contribution in [2.24, 2.45) is 0 Å². The average molecular weight is 360 g/mol. The molecule has 1 N–H and O–H groups in total. The molecule has 1 aliphatic heterocycles. The number of aromatic nitrogens is 1. The van der Waals surface area contributed by atoms with Crippen LogP contribution in [0.3, 0.4) is 0 Å². The Balaban J connectivity index is 1.57. The van der Waals surface area contributed by atoms with E-state index in [9.17, 15) is 4.79 Å². The number of rotatable bonds is 5. The van der Waals surface area contributed by atoms with Crippen LogP contribution < -0.4 is 14.8 Å². The van der Waals surface area contributed by atoms with Crippen molar-refractivity contribution in [3.63, 3.8) is 0 Å². The summed E-state index contributed by atoms with van der Waals surface area (Å²) in [6.07, 6.45) is 4.09. The monoisotopic (exact) mass is 360 g/mol. The Morgan fingerprint density at radius 3 is 2.48 bits per heavy atom. The molecule has 1 amide bonds. The van der Waals surface area contributed by atoms with Crippen LogP contribution in [0.4, 0.5) is 5.69 Å². The van der Waals surface area contributed by atoms with Gasteiger partial charge in [0.15, 0.2) is 11.5 Å². The maximum atomic E-state index is 13.1. The summed E-state index contributed by atoms with van der Waals surface area (Å²) in [6, 6.07) is 19.2. The Morgan fingerprint density at radius 2 is 1.70 bits per heavy atom. The van der Waals surface area contributed by atoms with Crippen molar-refractivity contribution in [2.75, 3.05) is 18.5 Å². The molecule has 1 aliphatic rings. The van der Waals surface area contributed by atoms with E-state index in [2.05, 4.69) is 10.3 Å². The van der Waals surface area contributed by atoms with Gasteiger partial charge in [-0.2, -0.15) is 0 Å². The molecule has 2 aromatic carbocycles. The molecular weight excluding hydrogens is 340 g/mol. The summed E-state index contributed by atoms with van der Waals surface area (Å²) in [5.41, 5.74) is 2.74. The van der Waals surface area contributed by atoms with Crippen LogP contribution in [0.2, 0.25) is 0 Å². The highest BCUT2D eigenvalue weighted by Gasteiger charge is 2.22. The number of amides is 1. The van der Waals surface area contributed by atoms with Crippen molar-refractivity contribution in [3.05, 3.63) is 84.2 Å². The van der Waals surface area contributed by atoms with Crippen LogP contribution in [0.25, 0.3) is 0 Å². The van der Waals surface area contributed by atoms with Gasteiger partial charge in [0.05, 0.1) is 5.92 Å². The van der Waals surface area contributed by atoms with Gasteiger partial charge in [-0.15, -0.1) is 0 Å². The van der Waals surface area contributed by atoms with Gasteiger partial charge in [-0.05, 0) is 41.8 Å². The first-order chi connectivity index (χ1) is 13.3. The number of anilines is 1. The van der Waals surface area contributed by atoms with E-state index >= 15 is 0 Å². The number of carbonyl (C=O) groups excluding carboxylic acids is 1. The number of carbonyl (C=O) groups is 1. The first kappa shape index (κ1) is 17.1. The van der Waals surface area contributed by atoms with E-state index in [0.717, 1.165) is 11.1 Å². The summed E-state index contributed by atoms with van der Waals surface area (Å²) in [7, 11) is 0. The number of hydrogen-bond donors (Lipinski definition) is 1. The van der Waals surface area contributed by atoms with Gasteiger partial charge in [-0.25, -0.2) is 0 Å². The van der Waals surface area contributed by atoms with E-state index in [4.69, 9.17) is 9.47 Å². The zero-order valence-electron chi connectivity index (χ0n) is 14.8. The molecule has 0 spiro atoms. The molecule has 4 rings (SSSR count). The topological polar surface area (TPSA) is 60.5 Å². The molecule has 0 aliphatic carbocycles. The summed E-state index contributed by atoms with van der Waals surface area (Å²) < 4.78 is 11.1. The molecule has 1 aromatic heterocycles. The summed E-state index contributed by atoms with van der Waals surface area (Å²) in [5.74, 6) is 0.997. The smallest absolute Gasteiger partial charge is 0.232 e. The molecule has 136 valence electrons. The molecule has 1 unspecified atom stereocenters. The second-order valence-electron chi connectivity index (χ2n) is 6.37. The summed E-state index contributed by atoms with van der Waals surface area (Å²) >= 11 is 0. The van der Waals surface area contributed by atoms with Gasteiger partial charge >= 0.3 is 0 Å². The minimum Gasteiger partial charge on any atom is -0.486 e. The Morgan fingerprint density at radius 1 is 0.963 bits per heavy atom. The molecule has 3 aromatic rings. The predicted octanol–water partition coefficient (Wildman–Crippen LogP) is 3.82. The quantitative estimate of drug-likeness (QED) is 0.751. The molecule has 0 saturated heterocycles. The van der Waals surface area contributed by atoms with Crippen molar-refractivity contribution in [1.29, 1.82) is 0 Å². The zero-order valence-corrected chi connectivity index (χ0v) is 14.8. The maximum Gasteiger partial charge on any atom is 0.232 e. The maximum absolute atomic E-state index is 13.1.